The molecule has 2 N–H and O–H groups in total. The molecule has 0 atom stereocenters. The number of nitrogens with two attached hydrogens (primary N) is 1. The van der Waals surface area contributed by atoms with Crippen LogP contribution in [0.15, 0.2) is 29.2 Å². The second-order valence-corrected chi connectivity index (χ2v) is 4.47. The highest BCUT2D eigenvalue weighted by molar-refractivity contribution is 5.60. The van der Waals surface area contributed by atoms with Gasteiger partial charge in [-0.05, 0) is 18.1 Å². The first-order valence-corrected chi connectivity index (χ1v) is 6.69. The first kappa shape index (κ1) is 13.4. The van der Waals surface area contributed by atoms with Gasteiger partial charge in [-0.25, -0.2) is 0 Å². The maximum Gasteiger partial charge on any atom is 0.280 e. The largest absolute Gasteiger partial charge is 0.332 e. The third kappa shape index (κ3) is 2.65. The molecule has 3 rings (SSSR count). The van der Waals surface area contributed by atoms with Crippen molar-refractivity contribution in [2.24, 2.45) is 5.73 Å². The molecule has 0 unspecified atom stereocenters. The Labute approximate surface area is 121 Å². The van der Waals surface area contributed by atoms with Crippen molar-refractivity contribution in [3.63, 3.8) is 0 Å². The zero-order valence-electron chi connectivity index (χ0n) is 11.6. The van der Waals surface area contributed by atoms with E-state index >= 15 is 0 Å². The average molecular weight is 285 g/mol. The van der Waals surface area contributed by atoms with Crippen LogP contribution in [-0.2, 0) is 13.0 Å². The molecular weight excluding hydrogens is 270 g/mol. The molecule has 0 saturated heterocycles. The topological polar surface area (TPSA) is 109 Å². The van der Waals surface area contributed by atoms with Crippen LogP contribution in [0.5, 0.6) is 0 Å². The molecule has 21 heavy (non-hydrogen) atoms. The van der Waals surface area contributed by atoms with Gasteiger partial charge in [-0.1, -0.05) is 17.3 Å². The van der Waals surface area contributed by atoms with E-state index in [1.807, 2.05) is 12.3 Å². The van der Waals surface area contributed by atoms with Crippen molar-refractivity contribution in [3.05, 3.63) is 30.2 Å². The SMILES string of the molecule is CCc1cnccc1-c1noc(-c2cn(CCN)nn2)n1. The predicted molar refractivity (Wildman–Crippen MR) is 75.0 cm³/mol. The Morgan fingerprint density at radius 2 is 2.29 bits per heavy atom. The summed E-state index contributed by atoms with van der Waals surface area (Å²) in [5.41, 5.74) is 7.99. The molecule has 0 saturated carbocycles. The highest BCUT2D eigenvalue weighted by Gasteiger charge is 2.15. The van der Waals surface area contributed by atoms with Crippen LogP contribution in [0, 0.1) is 0 Å². The van der Waals surface area contributed by atoms with Crippen molar-refractivity contribution in [1.29, 1.82) is 0 Å². The molecule has 3 heterocycles. The van der Waals surface area contributed by atoms with Crippen LogP contribution in [0.25, 0.3) is 23.0 Å². The lowest BCUT2D eigenvalue weighted by Gasteiger charge is -2.00. The van der Waals surface area contributed by atoms with Gasteiger partial charge in [-0.2, -0.15) is 4.98 Å². The van der Waals surface area contributed by atoms with Crippen LogP contribution in [-0.4, -0.2) is 36.7 Å². The van der Waals surface area contributed by atoms with E-state index in [0.717, 1.165) is 17.5 Å². The second-order valence-electron chi connectivity index (χ2n) is 4.47. The minimum absolute atomic E-state index is 0.340. The van der Waals surface area contributed by atoms with Crippen molar-refractivity contribution < 1.29 is 4.52 Å². The van der Waals surface area contributed by atoms with Gasteiger partial charge in [0.1, 0.15) is 0 Å². The number of hydrogen-bond acceptors (Lipinski definition) is 7. The molecule has 0 radical (unpaired) electrons. The van der Waals surface area contributed by atoms with Crippen LogP contribution in [0.1, 0.15) is 12.5 Å². The summed E-state index contributed by atoms with van der Waals surface area (Å²) >= 11 is 0. The molecule has 3 aromatic rings. The third-order valence-corrected chi connectivity index (χ3v) is 3.07. The van der Waals surface area contributed by atoms with Crippen molar-refractivity contribution >= 4 is 0 Å². The highest BCUT2D eigenvalue weighted by Crippen LogP contribution is 2.23. The molecule has 3 aromatic heterocycles. The molecule has 0 aliphatic carbocycles. The lowest BCUT2D eigenvalue weighted by atomic mass is 10.1. The molecular formula is C13H15N7O. The first-order valence-electron chi connectivity index (χ1n) is 6.69. The normalized spacial score (nSPS) is 11.0. The summed E-state index contributed by atoms with van der Waals surface area (Å²) in [7, 11) is 0. The Morgan fingerprint density at radius 1 is 1.38 bits per heavy atom. The molecule has 108 valence electrons. The Balaban J connectivity index is 1.92. The maximum atomic E-state index is 5.47. The van der Waals surface area contributed by atoms with E-state index in [1.54, 1.807) is 17.1 Å². The van der Waals surface area contributed by atoms with Crippen molar-refractivity contribution in [3.8, 4) is 23.0 Å². The van der Waals surface area contributed by atoms with Crippen LogP contribution in [0.2, 0.25) is 0 Å². The van der Waals surface area contributed by atoms with Gasteiger partial charge in [0.25, 0.3) is 5.89 Å². The van der Waals surface area contributed by atoms with Gasteiger partial charge in [-0.15, -0.1) is 5.10 Å². The molecule has 8 nitrogen and oxygen atoms in total. The van der Waals surface area contributed by atoms with Crippen molar-refractivity contribution in [2.75, 3.05) is 6.54 Å². The fourth-order valence-electron chi connectivity index (χ4n) is 2.00. The lowest BCUT2D eigenvalue weighted by Crippen LogP contribution is -2.10. The Bertz CT molecular complexity index is 733. The zero-order valence-corrected chi connectivity index (χ0v) is 11.6. The average Bonchev–Trinajstić information content (AvgIpc) is 3.16. The summed E-state index contributed by atoms with van der Waals surface area (Å²) < 4.78 is 6.91. The number of hydrogen-bond donors (Lipinski definition) is 1. The summed E-state index contributed by atoms with van der Waals surface area (Å²) in [5.74, 6) is 0.866. The van der Waals surface area contributed by atoms with Gasteiger partial charge in [0, 0.05) is 24.5 Å². The quantitative estimate of drug-likeness (QED) is 0.742. The number of rotatable bonds is 5. The van der Waals surface area contributed by atoms with Gasteiger partial charge < -0.3 is 10.3 Å². The van der Waals surface area contributed by atoms with E-state index in [9.17, 15) is 0 Å². The molecule has 0 aliphatic heterocycles. The molecule has 0 spiro atoms. The summed E-state index contributed by atoms with van der Waals surface area (Å²) in [6.45, 7) is 3.15. The minimum atomic E-state index is 0.340. The molecule has 0 amide bonds. The van der Waals surface area contributed by atoms with Crippen molar-refractivity contribution in [1.82, 2.24) is 30.1 Å². The van der Waals surface area contributed by atoms with Crippen LogP contribution >= 0.6 is 0 Å². The van der Waals surface area contributed by atoms with Gasteiger partial charge in [0.15, 0.2) is 5.69 Å². The Hall–Kier alpha value is -2.61. The third-order valence-electron chi connectivity index (χ3n) is 3.07. The van der Waals surface area contributed by atoms with Crippen LogP contribution in [0.4, 0.5) is 0 Å². The Morgan fingerprint density at radius 3 is 3.10 bits per heavy atom. The lowest BCUT2D eigenvalue weighted by molar-refractivity contribution is 0.431. The van der Waals surface area contributed by atoms with Gasteiger partial charge in [0.2, 0.25) is 5.82 Å². The second kappa shape index (κ2) is 5.80. The first-order chi connectivity index (χ1) is 10.3. The summed E-state index contributed by atoms with van der Waals surface area (Å²) in [6, 6.07) is 1.87. The smallest absolute Gasteiger partial charge is 0.280 e. The number of aryl methyl sites for hydroxylation is 1. The fourth-order valence-corrected chi connectivity index (χ4v) is 2.00. The molecule has 0 aromatic carbocycles. The molecule has 8 heteroatoms. The van der Waals surface area contributed by atoms with E-state index in [4.69, 9.17) is 10.3 Å². The number of pyridine rings is 1. The standard InChI is InChI=1S/C13H15N7O/c1-2-9-7-15-5-3-10(9)12-16-13(21-18-12)11-8-20(6-4-14)19-17-11/h3,5,7-8H,2,4,6,14H2,1H3. The van der Waals surface area contributed by atoms with Gasteiger partial charge in [-0.3, -0.25) is 9.67 Å². The van der Waals surface area contributed by atoms with E-state index in [2.05, 4.69) is 32.4 Å². The predicted octanol–water partition coefficient (Wildman–Crippen LogP) is 0.911. The Kier molecular flexibility index (Phi) is 3.69. The van der Waals surface area contributed by atoms with E-state index in [0.29, 0.717) is 30.5 Å². The fraction of sp³-hybridized carbons (Fsp3) is 0.308. The molecule has 0 fully saturated rings. The van der Waals surface area contributed by atoms with Gasteiger partial charge >= 0.3 is 0 Å². The number of aromatic nitrogens is 6. The van der Waals surface area contributed by atoms with E-state index in [-0.39, 0.29) is 0 Å². The zero-order chi connectivity index (χ0) is 14.7. The van der Waals surface area contributed by atoms with Crippen LogP contribution < -0.4 is 5.73 Å². The summed E-state index contributed by atoms with van der Waals surface area (Å²) in [6.07, 6.45) is 6.10. The monoisotopic (exact) mass is 285 g/mol. The van der Waals surface area contributed by atoms with E-state index < -0.39 is 0 Å². The molecule has 0 aliphatic rings. The summed E-state index contributed by atoms with van der Waals surface area (Å²) in [4.78, 5) is 8.49. The summed E-state index contributed by atoms with van der Waals surface area (Å²) in [5, 5.41) is 12.0. The van der Waals surface area contributed by atoms with Gasteiger partial charge in [0.05, 0.1) is 12.7 Å². The van der Waals surface area contributed by atoms with Crippen LogP contribution in [0.3, 0.4) is 0 Å². The molecule has 0 bridgehead atoms. The van der Waals surface area contributed by atoms with E-state index in [1.165, 1.54) is 0 Å². The van der Waals surface area contributed by atoms with Crippen molar-refractivity contribution in [2.45, 2.75) is 19.9 Å². The highest BCUT2D eigenvalue weighted by atomic mass is 16.5. The number of nitrogens with zero attached hydrogens (tertiary/aromatic N) is 6. The minimum Gasteiger partial charge on any atom is -0.332 e. The maximum absolute atomic E-state index is 5.47.